The van der Waals surface area contributed by atoms with Crippen LogP contribution in [-0.2, 0) is 19.1 Å². The fraction of sp³-hybridized carbons (Fsp3) is 0.786. The minimum atomic E-state index is -0.419. The molecule has 0 saturated heterocycles. The Morgan fingerprint density at radius 1 is 1.15 bits per heavy atom. The van der Waals surface area contributed by atoms with Crippen molar-refractivity contribution in [1.29, 1.82) is 0 Å². The molecule has 0 aliphatic carbocycles. The Morgan fingerprint density at radius 2 is 1.85 bits per heavy atom. The van der Waals surface area contributed by atoms with Crippen LogP contribution in [0.1, 0.15) is 58.8 Å². The van der Waals surface area contributed by atoms with Crippen LogP contribution in [-0.4, -0.2) is 28.2 Å². The molecule has 0 radical (unpaired) electrons. The van der Waals surface area contributed by atoms with E-state index in [2.05, 4.69) is 0 Å². The summed E-state index contributed by atoms with van der Waals surface area (Å²) in [4.78, 5) is 33.8. The van der Waals surface area contributed by atoms with Crippen LogP contribution in [0.25, 0.3) is 0 Å². The molecule has 0 spiro atoms. The minimum Gasteiger partial charge on any atom is -0.466 e. The largest absolute Gasteiger partial charge is 0.466 e. The molecule has 0 bridgehead atoms. The highest BCUT2D eigenvalue weighted by Gasteiger charge is 2.17. The number of carbonyl (C=O) groups excluding carboxylic acids is 3. The van der Waals surface area contributed by atoms with Gasteiger partial charge in [0.05, 0.1) is 6.61 Å². The fourth-order valence-electron chi connectivity index (χ4n) is 1.71. The van der Waals surface area contributed by atoms with Gasteiger partial charge < -0.3 is 4.74 Å². The zero-order valence-corrected chi connectivity index (χ0v) is 13.7. The second-order valence-corrected chi connectivity index (χ2v) is 6.25. The highest BCUT2D eigenvalue weighted by Crippen LogP contribution is 2.24. The van der Waals surface area contributed by atoms with E-state index >= 15 is 0 Å². The molecule has 20 heavy (non-hydrogen) atoms. The summed E-state index contributed by atoms with van der Waals surface area (Å²) in [5.74, 6) is -0.202. The molecule has 0 aliphatic rings. The lowest BCUT2D eigenvalue weighted by Crippen LogP contribution is -2.11. The van der Waals surface area contributed by atoms with E-state index in [-0.39, 0.29) is 22.8 Å². The maximum absolute atomic E-state index is 11.6. The first kappa shape index (κ1) is 19.4. The summed E-state index contributed by atoms with van der Waals surface area (Å²) in [6.45, 7) is 4.11. The van der Waals surface area contributed by atoms with Gasteiger partial charge in [-0.3, -0.25) is 14.4 Å². The number of ether oxygens (including phenoxy) is 1. The number of halogens is 1. The lowest BCUT2D eigenvalue weighted by Gasteiger charge is -2.13. The topological polar surface area (TPSA) is 60.4 Å². The lowest BCUT2D eigenvalue weighted by molar-refractivity contribution is -0.143. The molecule has 116 valence electrons. The van der Waals surface area contributed by atoms with Crippen LogP contribution in [0.15, 0.2) is 0 Å². The van der Waals surface area contributed by atoms with E-state index in [4.69, 9.17) is 16.3 Å². The predicted octanol–water partition coefficient (Wildman–Crippen LogP) is 3.69. The van der Waals surface area contributed by atoms with Crippen molar-refractivity contribution < 1.29 is 19.1 Å². The van der Waals surface area contributed by atoms with E-state index in [0.29, 0.717) is 32.3 Å². The molecular formula is C14H23ClO4S. The molecule has 0 aromatic carbocycles. The molecule has 1 atom stereocenters. The van der Waals surface area contributed by atoms with Gasteiger partial charge in [0.15, 0.2) is 5.12 Å². The monoisotopic (exact) mass is 322 g/mol. The van der Waals surface area contributed by atoms with E-state index < -0.39 is 5.24 Å². The van der Waals surface area contributed by atoms with E-state index in [1.54, 1.807) is 6.92 Å². The number of unbranched alkanes of at least 4 members (excludes halogenated alkanes) is 1. The molecule has 0 aromatic heterocycles. The molecule has 0 amide bonds. The van der Waals surface area contributed by atoms with Crippen LogP contribution >= 0.6 is 23.4 Å². The van der Waals surface area contributed by atoms with Crippen LogP contribution in [0.4, 0.5) is 0 Å². The van der Waals surface area contributed by atoms with Crippen molar-refractivity contribution in [2.75, 3.05) is 6.61 Å². The molecule has 1 unspecified atom stereocenters. The van der Waals surface area contributed by atoms with Gasteiger partial charge >= 0.3 is 5.97 Å². The van der Waals surface area contributed by atoms with Gasteiger partial charge in [-0.2, -0.15) is 0 Å². The van der Waals surface area contributed by atoms with Crippen molar-refractivity contribution in [3.63, 3.8) is 0 Å². The van der Waals surface area contributed by atoms with E-state index in [9.17, 15) is 14.4 Å². The Bertz CT molecular complexity index is 320. The number of esters is 1. The molecule has 0 saturated carbocycles. The first-order chi connectivity index (χ1) is 9.49. The molecule has 0 rings (SSSR count). The smallest absolute Gasteiger partial charge is 0.305 e. The van der Waals surface area contributed by atoms with Gasteiger partial charge in [-0.1, -0.05) is 25.1 Å². The van der Waals surface area contributed by atoms with Gasteiger partial charge in [-0.05, 0) is 37.8 Å². The van der Waals surface area contributed by atoms with Crippen molar-refractivity contribution >= 4 is 39.7 Å². The SMILES string of the molecule is CCCC(=O)SC(CCCCC(=O)OCC)CC(=O)Cl. The lowest BCUT2D eigenvalue weighted by atomic mass is 10.1. The zero-order chi connectivity index (χ0) is 15.4. The first-order valence-corrected chi connectivity index (χ1v) is 8.28. The number of carbonyl (C=O) groups is 3. The summed E-state index contributed by atoms with van der Waals surface area (Å²) in [7, 11) is 0. The third-order valence-electron chi connectivity index (χ3n) is 2.60. The van der Waals surface area contributed by atoms with E-state index in [0.717, 1.165) is 12.8 Å². The molecule has 0 aromatic rings. The molecule has 0 heterocycles. The number of thioether (sulfide) groups is 1. The van der Waals surface area contributed by atoms with Crippen LogP contribution in [0, 0.1) is 0 Å². The van der Waals surface area contributed by atoms with Gasteiger partial charge in [0.25, 0.3) is 0 Å². The standard InChI is InChI=1S/C14H23ClO4S/c1-3-7-14(18)20-11(10-12(15)16)8-5-6-9-13(17)19-4-2/h11H,3-10H2,1-2H3. The second-order valence-electron chi connectivity index (χ2n) is 4.47. The number of rotatable bonds is 11. The van der Waals surface area contributed by atoms with Crippen LogP contribution in [0.3, 0.4) is 0 Å². The Labute approximate surface area is 130 Å². The van der Waals surface area contributed by atoms with Gasteiger partial charge in [0.2, 0.25) is 5.24 Å². The normalized spacial score (nSPS) is 11.9. The Morgan fingerprint density at radius 3 is 2.40 bits per heavy atom. The summed E-state index contributed by atoms with van der Waals surface area (Å²) >= 11 is 6.61. The highest BCUT2D eigenvalue weighted by molar-refractivity contribution is 8.14. The Hall–Kier alpha value is -0.550. The predicted molar refractivity (Wildman–Crippen MR) is 81.9 cm³/mol. The summed E-state index contributed by atoms with van der Waals surface area (Å²) in [6, 6.07) is 0. The average molecular weight is 323 g/mol. The quantitative estimate of drug-likeness (QED) is 0.330. The number of hydrogen-bond acceptors (Lipinski definition) is 5. The maximum atomic E-state index is 11.6. The van der Waals surface area contributed by atoms with E-state index in [1.165, 1.54) is 11.8 Å². The third-order valence-corrected chi connectivity index (χ3v) is 3.96. The first-order valence-electron chi connectivity index (χ1n) is 7.03. The molecule has 6 heteroatoms. The summed E-state index contributed by atoms with van der Waals surface area (Å²) < 4.78 is 4.84. The maximum Gasteiger partial charge on any atom is 0.305 e. The van der Waals surface area contributed by atoms with Crippen molar-refractivity contribution in [3.8, 4) is 0 Å². The van der Waals surface area contributed by atoms with Gasteiger partial charge in [0, 0.05) is 24.5 Å². The van der Waals surface area contributed by atoms with Crippen LogP contribution in [0.2, 0.25) is 0 Å². The Kier molecular flexibility index (Phi) is 11.9. The third kappa shape index (κ3) is 11.3. The van der Waals surface area contributed by atoms with Gasteiger partial charge in [-0.25, -0.2) is 0 Å². The highest BCUT2D eigenvalue weighted by atomic mass is 35.5. The van der Waals surface area contributed by atoms with Crippen molar-refractivity contribution in [2.24, 2.45) is 0 Å². The van der Waals surface area contributed by atoms with Gasteiger partial charge in [-0.15, -0.1) is 0 Å². The van der Waals surface area contributed by atoms with Crippen molar-refractivity contribution in [3.05, 3.63) is 0 Å². The zero-order valence-electron chi connectivity index (χ0n) is 12.2. The molecular weight excluding hydrogens is 300 g/mol. The molecule has 4 nitrogen and oxygen atoms in total. The van der Waals surface area contributed by atoms with Crippen LogP contribution in [0.5, 0.6) is 0 Å². The molecule has 0 N–H and O–H groups in total. The summed E-state index contributed by atoms with van der Waals surface area (Å²) in [6.07, 6.45) is 4.08. The Balaban J connectivity index is 4.00. The number of hydrogen-bond donors (Lipinski definition) is 0. The molecule has 0 aliphatic heterocycles. The fourth-order valence-corrected chi connectivity index (χ4v) is 3.20. The summed E-state index contributed by atoms with van der Waals surface area (Å²) in [5, 5.41) is -0.403. The minimum absolute atomic E-state index is 0.0822. The summed E-state index contributed by atoms with van der Waals surface area (Å²) in [5.41, 5.74) is 0. The van der Waals surface area contributed by atoms with E-state index in [1.807, 2.05) is 6.92 Å². The van der Waals surface area contributed by atoms with Crippen molar-refractivity contribution in [2.45, 2.75) is 64.0 Å². The second kappa shape index (κ2) is 12.2. The molecule has 0 fully saturated rings. The van der Waals surface area contributed by atoms with Crippen molar-refractivity contribution in [1.82, 2.24) is 0 Å². The van der Waals surface area contributed by atoms with Crippen LogP contribution < -0.4 is 0 Å². The van der Waals surface area contributed by atoms with Gasteiger partial charge in [0.1, 0.15) is 0 Å². The average Bonchev–Trinajstić information content (AvgIpc) is 2.34.